The van der Waals surface area contributed by atoms with Crippen LogP contribution in [0, 0.1) is 6.92 Å². The zero-order chi connectivity index (χ0) is 14.5. The van der Waals surface area contributed by atoms with Crippen LogP contribution < -0.4 is 4.74 Å². The van der Waals surface area contributed by atoms with E-state index in [1.807, 2.05) is 24.4 Å². The highest BCUT2D eigenvalue weighted by atomic mass is 79.9. The Hall–Kier alpha value is -1.66. The van der Waals surface area contributed by atoms with E-state index in [1.54, 1.807) is 17.4 Å². The van der Waals surface area contributed by atoms with Gasteiger partial charge < -0.3 is 9.84 Å². The number of carboxylic acids is 1. The van der Waals surface area contributed by atoms with Crippen molar-refractivity contribution in [1.29, 1.82) is 0 Å². The van der Waals surface area contributed by atoms with Crippen molar-refractivity contribution in [2.45, 2.75) is 13.5 Å². The minimum atomic E-state index is -1.01. The SMILES string of the molecule is Cc1ccc(OCc2sccc2Br)c(C=CC(=O)O)n1. The van der Waals surface area contributed by atoms with Gasteiger partial charge in [-0.05, 0) is 52.5 Å². The van der Waals surface area contributed by atoms with Crippen LogP contribution in [-0.4, -0.2) is 16.1 Å². The molecule has 0 bridgehead atoms. The molecule has 20 heavy (non-hydrogen) atoms. The normalized spacial score (nSPS) is 10.9. The predicted octanol–water partition coefficient (Wildman–Crippen LogP) is 3.89. The Morgan fingerprint density at radius 3 is 2.95 bits per heavy atom. The molecular weight excluding hydrogens is 342 g/mol. The van der Waals surface area contributed by atoms with Crippen LogP contribution in [0.25, 0.3) is 6.08 Å². The van der Waals surface area contributed by atoms with Crippen LogP contribution in [0.5, 0.6) is 5.75 Å². The molecule has 0 aliphatic carbocycles. The molecule has 0 saturated carbocycles. The van der Waals surface area contributed by atoms with Gasteiger partial charge in [0.15, 0.2) is 0 Å². The van der Waals surface area contributed by atoms with E-state index in [0.717, 1.165) is 21.1 Å². The smallest absolute Gasteiger partial charge is 0.328 e. The molecule has 0 saturated heterocycles. The van der Waals surface area contributed by atoms with Gasteiger partial charge in [-0.25, -0.2) is 9.78 Å². The maximum absolute atomic E-state index is 10.6. The Kier molecular flexibility index (Phi) is 4.92. The van der Waals surface area contributed by atoms with Gasteiger partial charge in [-0.2, -0.15) is 0 Å². The fourth-order valence-corrected chi connectivity index (χ4v) is 2.91. The fourth-order valence-electron chi connectivity index (χ4n) is 1.53. The average molecular weight is 354 g/mol. The fraction of sp³-hybridized carbons (Fsp3) is 0.143. The van der Waals surface area contributed by atoms with E-state index in [4.69, 9.17) is 9.84 Å². The average Bonchev–Trinajstić information content (AvgIpc) is 2.81. The number of carbonyl (C=O) groups is 1. The van der Waals surface area contributed by atoms with Gasteiger partial charge in [-0.15, -0.1) is 11.3 Å². The number of nitrogens with zero attached hydrogens (tertiary/aromatic N) is 1. The zero-order valence-electron chi connectivity index (χ0n) is 10.7. The maximum atomic E-state index is 10.6. The van der Waals surface area contributed by atoms with Crippen LogP contribution >= 0.6 is 27.3 Å². The van der Waals surface area contributed by atoms with Crippen molar-refractivity contribution in [2.24, 2.45) is 0 Å². The molecule has 0 amide bonds. The van der Waals surface area contributed by atoms with Gasteiger partial charge in [-0.1, -0.05) is 0 Å². The van der Waals surface area contributed by atoms with E-state index >= 15 is 0 Å². The first-order valence-corrected chi connectivity index (χ1v) is 7.47. The van der Waals surface area contributed by atoms with Crippen LogP contribution in [0.4, 0.5) is 0 Å². The monoisotopic (exact) mass is 353 g/mol. The van der Waals surface area contributed by atoms with Crippen LogP contribution in [0.2, 0.25) is 0 Å². The van der Waals surface area contributed by atoms with Gasteiger partial charge in [0, 0.05) is 16.2 Å². The second-order valence-electron chi connectivity index (χ2n) is 3.99. The van der Waals surface area contributed by atoms with E-state index in [9.17, 15) is 4.79 Å². The molecule has 0 fully saturated rings. The lowest BCUT2D eigenvalue weighted by molar-refractivity contribution is -0.131. The summed E-state index contributed by atoms with van der Waals surface area (Å²) in [6.07, 6.45) is 2.49. The Morgan fingerprint density at radius 1 is 1.50 bits per heavy atom. The molecule has 104 valence electrons. The van der Waals surface area contributed by atoms with Crippen LogP contribution in [0.3, 0.4) is 0 Å². The maximum Gasteiger partial charge on any atom is 0.328 e. The highest BCUT2D eigenvalue weighted by Crippen LogP contribution is 2.26. The van der Waals surface area contributed by atoms with Crippen LogP contribution in [-0.2, 0) is 11.4 Å². The number of carboxylic acid groups (broad SMARTS) is 1. The molecule has 1 N–H and O–H groups in total. The van der Waals surface area contributed by atoms with E-state index in [2.05, 4.69) is 20.9 Å². The first-order valence-electron chi connectivity index (χ1n) is 5.79. The van der Waals surface area contributed by atoms with Crippen molar-refractivity contribution < 1.29 is 14.6 Å². The molecule has 2 aromatic heterocycles. The molecule has 4 nitrogen and oxygen atoms in total. The molecule has 0 aliphatic rings. The number of thiophene rings is 1. The lowest BCUT2D eigenvalue weighted by Crippen LogP contribution is -1.98. The number of hydrogen-bond donors (Lipinski definition) is 1. The van der Waals surface area contributed by atoms with Gasteiger partial charge in [0.05, 0.1) is 4.88 Å². The Bertz CT molecular complexity index is 652. The largest absolute Gasteiger partial charge is 0.486 e. The standard InChI is InChI=1S/C14H12BrNO3S/c1-9-2-4-12(11(16-9)3-5-14(17)18)19-8-13-10(15)6-7-20-13/h2-7H,8H2,1H3,(H,17,18). The third-order valence-corrected chi connectivity index (χ3v) is 4.36. The summed E-state index contributed by atoms with van der Waals surface area (Å²) in [6, 6.07) is 5.59. The van der Waals surface area contributed by atoms with Crippen molar-refractivity contribution in [3.8, 4) is 5.75 Å². The first-order chi connectivity index (χ1) is 9.56. The molecule has 0 radical (unpaired) electrons. The van der Waals surface area contributed by atoms with Gasteiger partial charge in [0.25, 0.3) is 0 Å². The van der Waals surface area contributed by atoms with Crippen LogP contribution in [0.1, 0.15) is 16.3 Å². The van der Waals surface area contributed by atoms with E-state index in [1.165, 1.54) is 6.08 Å². The number of ether oxygens (including phenoxy) is 1. The second-order valence-corrected chi connectivity index (χ2v) is 5.84. The molecule has 0 atom stereocenters. The topological polar surface area (TPSA) is 59.4 Å². The van der Waals surface area contributed by atoms with Crippen molar-refractivity contribution in [2.75, 3.05) is 0 Å². The number of aryl methyl sites for hydroxylation is 1. The summed E-state index contributed by atoms with van der Waals surface area (Å²) in [5, 5.41) is 10.7. The summed E-state index contributed by atoms with van der Waals surface area (Å²) in [7, 11) is 0. The third kappa shape index (κ3) is 3.91. The van der Waals surface area contributed by atoms with Gasteiger partial charge in [0.1, 0.15) is 18.1 Å². The molecule has 6 heteroatoms. The Morgan fingerprint density at radius 2 is 2.30 bits per heavy atom. The van der Waals surface area contributed by atoms with Crippen molar-refractivity contribution in [3.63, 3.8) is 0 Å². The summed E-state index contributed by atoms with van der Waals surface area (Å²) in [4.78, 5) is 16.0. The van der Waals surface area contributed by atoms with E-state index < -0.39 is 5.97 Å². The predicted molar refractivity (Wildman–Crippen MR) is 82.0 cm³/mol. The Balaban J connectivity index is 2.18. The summed E-state index contributed by atoms with van der Waals surface area (Å²) in [5.41, 5.74) is 1.32. The highest BCUT2D eigenvalue weighted by Gasteiger charge is 2.07. The van der Waals surface area contributed by atoms with Gasteiger partial charge in [0.2, 0.25) is 0 Å². The molecular formula is C14H12BrNO3S. The number of aliphatic carboxylic acids is 1. The van der Waals surface area contributed by atoms with E-state index in [-0.39, 0.29) is 0 Å². The van der Waals surface area contributed by atoms with Crippen molar-refractivity contribution >= 4 is 39.3 Å². The number of hydrogen-bond acceptors (Lipinski definition) is 4. The second kappa shape index (κ2) is 6.67. The van der Waals surface area contributed by atoms with Crippen LogP contribution in [0.15, 0.2) is 34.1 Å². The number of pyridine rings is 1. The molecule has 2 aromatic rings. The van der Waals surface area contributed by atoms with Gasteiger partial charge >= 0.3 is 5.97 Å². The molecule has 0 aliphatic heterocycles. The number of aromatic nitrogens is 1. The summed E-state index contributed by atoms with van der Waals surface area (Å²) < 4.78 is 6.73. The summed E-state index contributed by atoms with van der Waals surface area (Å²) in [5.74, 6) is -0.450. The molecule has 0 spiro atoms. The summed E-state index contributed by atoms with van der Waals surface area (Å²) in [6.45, 7) is 2.26. The molecule has 0 unspecified atom stereocenters. The quantitative estimate of drug-likeness (QED) is 0.828. The summed E-state index contributed by atoms with van der Waals surface area (Å²) >= 11 is 5.03. The van der Waals surface area contributed by atoms with Crippen molar-refractivity contribution in [1.82, 2.24) is 4.98 Å². The lowest BCUT2D eigenvalue weighted by Gasteiger charge is -2.08. The molecule has 0 aromatic carbocycles. The minimum Gasteiger partial charge on any atom is -0.486 e. The zero-order valence-corrected chi connectivity index (χ0v) is 13.1. The lowest BCUT2D eigenvalue weighted by atomic mass is 10.2. The highest BCUT2D eigenvalue weighted by molar-refractivity contribution is 9.10. The number of halogens is 1. The minimum absolute atomic E-state index is 0.414. The third-order valence-electron chi connectivity index (χ3n) is 2.46. The first kappa shape index (κ1) is 14.7. The Labute approximate surface area is 128 Å². The molecule has 2 rings (SSSR count). The van der Waals surface area contributed by atoms with E-state index in [0.29, 0.717) is 18.1 Å². The van der Waals surface area contributed by atoms with Crippen molar-refractivity contribution in [3.05, 3.63) is 50.4 Å². The van der Waals surface area contributed by atoms with Gasteiger partial charge in [-0.3, -0.25) is 0 Å². The number of rotatable bonds is 5. The molecule has 2 heterocycles.